The number of rotatable bonds is 10. The van der Waals surface area contributed by atoms with Crippen molar-refractivity contribution in [2.75, 3.05) is 4.72 Å². The van der Waals surface area contributed by atoms with E-state index in [1.807, 2.05) is 49.4 Å². The summed E-state index contributed by atoms with van der Waals surface area (Å²) in [4.78, 5) is 12.4. The average molecular weight is 491 g/mol. The molecular weight excluding hydrogens is 464 g/mol. The monoisotopic (exact) mass is 490 g/mol. The van der Waals surface area contributed by atoms with E-state index in [-0.39, 0.29) is 23.7 Å². The molecule has 0 amide bonds. The van der Waals surface area contributed by atoms with Gasteiger partial charge in [0.2, 0.25) is 0 Å². The van der Waals surface area contributed by atoms with Crippen molar-refractivity contribution < 1.29 is 18.8 Å². The predicted octanol–water partition coefficient (Wildman–Crippen LogP) is 5.05. The highest BCUT2D eigenvalue weighted by atomic mass is 32.2. The molecule has 3 N–H and O–H groups in total. The minimum atomic E-state index is -1.49. The van der Waals surface area contributed by atoms with Crippen molar-refractivity contribution in [1.29, 1.82) is 0 Å². The SMILES string of the molecule is CCCc1c(OCc2cccc(S(=O)Nc3cccc(-c4cn[nH]n4)c3)c2)ccc(C(C)=O)c1O. The van der Waals surface area contributed by atoms with Crippen molar-refractivity contribution in [2.24, 2.45) is 0 Å². The van der Waals surface area contributed by atoms with Gasteiger partial charge in [0.15, 0.2) is 5.78 Å². The topological polar surface area (TPSA) is 117 Å². The second kappa shape index (κ2) is 11.0. The maximum Gasteiger partial charge on any atom is 0.163 e. The molecule has 0 saturated heterocycles. The molecule has 8 nitrogen and oxygen atoms in total. The van der Waals surface area contributed by atoms with Gasteiger partial charge in [-0.05, 0) is 55.3 Å². The van der Waals surface area contributed by atoms with Crippen molar-refractivity contribution in [1.82, 2.24) is 15.4 Å². The number of hydrogen-bond acceptors (Lipinski definition) is 6. The number of phenolic OH excluding ortho intramolecular Hbond substituents is 1. The van der Waals surface area contributed by atoms with Gasteiger partial charge in [0.25, 0.3) is 0 Å². The van der Waals surface area contributed by atoms with E-state index in [2.05, 4.69) is 20.1 Å². The van der Waals surface area contributed by atoms with Crippen LogP contribution < -0.4 is 9.46 Å². The van der Waals surface area contributed by atoms with Crippen molar-refractivity contribution in [3.63, 3.8) is 0 Å². The quantitative estimate of drug-likeness (QED) is 0.268. The number of aromatic nitrogens is 3. The van der Waals surface area contributed by atoms with Crippen LogP contribution in [0.25, 0.3) is 11.3 Å². The van der Waals surface area contributed by atoms with Gasteiger partial charge in [0, 0.05) is 16.8 Å². The maximum atomic E-state index is 13.0. The minimum absolute atomic E-state index is 0.0243. The van der Waals surface area contributed by atoms with E-state index in [9.17, 15) is 14.1 Å². The fraction of sp³-hybridized carbons (Fsp3) is 0.192. The third-order valence-electron chi connectivity index (χ3n) is 5.41. The summed E-state index contributed by atoms with van der Waals surface area (Å²) in [6.07, 6.45) is 3.01. The largest absolute Gasteiger partial charge is 0.507 e. The Morgan fingerprint density at radius 3 is 2.71 bits per heavy atom. The molecule has 9 heteroatoms. The van der Waals surface area contributed by atoms with Crippen LogP contribution in [0.3, 0.4) is 0 Å². The lowest BCUT2D eigenvalue weighted by Gasteiger charge is -2.15. The van der Waals surface area contributed by atoms with E-state index in [0.717, 1.165) is 17.5 Å². The number of hydrogen-bond donors (Lipinski definition) is 3. The molecule has 4 rings (SSSR count). The van der Waals surface area contributed by atoms with Crippen molar-refractivity contribution in [2.45, 2.75) is 38.2 Å². The molecule has 35 heavy (non-hydrogen) atoms. The van der Waals surface area contributed by atoms with Gasteiger partial charge in [0.1, 0.15) is 34.8 Å². The van der Waals surface area contributed by atoms with Crippen LogP contribution in [-0.4, -0.2) is 30.5 Å². The second-order valence-corrected chi connectivity index (χ2v) is 9.20. The molecule has 0 spiro atoms. The first-order valence-corrected chi connectivity index (χ1v) is 12.3. The summed E-state index contributed by atoms with van der Waals surface area (Å²) in [5.41, 5.74) is 3.97. The number of aromatic amines is 1. The van der Waals surface area contributed by atoms with Crippen LogP contribution in [0.1, 0.15) is 41.8 Å². The highest BCUT2D eigenvalue weighted by molar-refractivity contribution is 7.86. The van der Waals surface area contributed by atoms with Crippen LogP contribution >= 0.6 is 0 Å². The first-order valence-electron chi connectivity index (χ1n) is 11.2. The number of ether oxygens (including phenoxy) is 1. The first-order chi connectivity index (χ1) is 17.0. The molecule has 0 radical (unpaired) electrons. The Hall–Kier alpha value is -3.98. The maximum absolute atomic E-state index is 13.0. The fourth-order valence-corrected chi connectivity index (χ4v) is 4.61. The van der Waals surface area contributed by atoms with Gasteiger partial charge in [0.05, 0.1) is 16.7 Å². The van der Waals surface area contributed by atoms with Gasteiger partial charge in [-0.15, -0.1) is 0 Å². The van der Waals surface area contributed by atoms with Gasteiger partial charge in [-0.3, -0.25) is 4.79 Å². The highest BCUT2D eigenvalue weighted by Crippen LogP contribution is 2.33. The number of Topliss-reactive ketones (excluding diaryl/α,β-unsaturated/α-hetero) is 1. The number of ketones is 1. The summed E-state index contributed by atoms with van der Waals surface area (Å²) in [5, 5.41) is 21.0. The lowest BCUT2D eigenvalue weighted by Crippen LogP contribution is -2.06. The normalized spacial score (nSPS) is 11.7. The standard InChI is InChI=1S/C26H26N4O4S/c1-3-6-23-25(12-11-22(17(2)31)26(23)32)34-16-18-7-4-10-21(13-18)35(33)29-20-9-5-8-19(14-20)24-15-27-30-28-24/h4-5,7-15,29,32H,3,6,16H2,1-2H3,(H,27,28,30). The van der Waals surface area contributed by atoms with E-state index in [1.54, 1.807) is 24.4 Å². The number of anilines is 1. The first kappa shape index (κ1) is 24.2. The van der Waals surface area contributed by atoms with Gasteiger partial charge in [-0.2, -0.15) is 15.4 Å². The van der Waals surface area contributed by atoms with E-state index in [4.69, 9.17) is 4.74 Å². The third kappa shape index (κ3) is 5.75. The molecule has 1 heterocycles. The predicted molar refractivity (Wildman–Crippen MR) is 135 cm³/mol. The molecular formula is C26H26N4O4S. The molecule has 1 aromatic heterocycles. The molecule has 0 saturated carbocycles. The highest BCUT2D eigenvalue weighted by Gasteiger charge is 2.16. The molecule has 4 aromatic rings. The van der Waals surface area contributed by atoms with Crippen LogP contribution in [0.2, 0.25) is 0 Å². The van der Waals surface area contributed by atoms with Gasteiger partial charge >= 0.3 is 0 Å². The summed E-state index contributed by atoms with van der Waals surface area (Å²) in [6.45, 7) is 3.65. The van der Waals surface area contributed by atoms with E-state index < -0.39 is 11.0 Å². The number of carbonyl (C=O) groups is 1. The Morgan fingerprint density at radius 2 is 1.97 bits per heavy atom. The van der Waals surface area contributed by atoms with Gasteiger partial charge < -0.3 is 14.6 Å². The Bertz CT molecular complexity index is 1360. The number of benzene rings is 3. The molecule has 180 valence electrons. The van der Waals surface area contributed by atoms with E-state index in [0.29, 0.717) is 34.0 Å². The Balaban J connectivity index is 1.47. The molecule has 0 bridgehead atoms. The van der Waals surface area contributed by atoms with Gasteiger partial charge in [-0.25, -0.2) is 4.21 Å². The smallest absolute Gasteiger partial charge is 0.163 e. The number of phenols is 1. The van der Waals surface area contributed by atoms with Crippen molar-refractivity contribution in [3.8, 4) is 22.8 Å². The number of aromatic hydroxyl groups is 1. The van der Waals surface area contributed by atoms with E-state index in [1.165, 1.54) is 6.92 Å². The molecule has 0 aliphatic heterocycles. The number of H-pyrrole nitrogens is 1. The summed E-state index contributed by atoms with van der Waals surface area (Å²) in [5.74, 6) is 0.313. The number of nitrogens with one attached hydrogen (secondary N) is 2. The number of nitrogens with zero attached hydrogens (tertiary/aromatic N) is 2. The van der Waals surface area contributed by atoms with Crippen LogP contribution in [0.5, 0.6) is 11.5 Å². The van der Waals surface area contributed by atoms with Crippen LogP contribution in [0.4, 0.5) is 5.69 Å². The molecule has 0 aliphatic carbocycles. The van der Waals surface area contributed by atoms with E-state index >= 15 is 0 Å². The van der Waals surface area contributed by atoms with Gasteiger partial charge in [-0.1, -0.05) is 37.6 Å². The zero-order valence-corrected chi connectivity index (χ0v) is 20.3. The molecule has 1 unspecified atom stereocenters. The zero-order chi connectivity index (χ0) is 24.8. The summed E-state index contributed by atoms with van der Waals surface area (Å²) in [6, 6.07) is 18.0. The minimum Gasteiger partial charge on any atom is -0.507 e. The number of carbonyl (C=O) groups excluding carboxylic acids is 1. The zero-order valence-electron chi connectivity index (χ0n) is 19.4. The Morgan fingerprint density at radius 1 is 1.14 bits per heavy atom. The fourth-order valence-electron chi connectivity index (χ4n) is 3.69. The molecule has 1 atom stereocenters. The lowest BCUT2D eigenvalue weighted by molar-refractivity contribution is 0.101. The summed E-state index contributed by atoms with van der Waals surface area (Å²) < 4.78 is 22.0. The second-order valence-electron chi connectivity index (χ2n) is 7.99. The van der Waals surface area contributed by atoms with Crippen molar-refractivity contribution in [3.05, 3.63) is 83.6 Å². The summed E-state index contributed by atoms with van der Waals surface area (Å²) in [7, 11) is -1.49. The average Bonchev–Trinajstić information content (AvgIpc) is 3.40. The molecule has 0 fully saturated rings. The van der Waals surface area contributed by atoms with Crippen LogP contribution in [0, 0.1) is 0 Å². The Kier molecular flexibility index (Phi) is 7.57. The summed E-state index contributed by atoms with van der Waals surface area (Å²) >= 11 is 0. The third-order valence-corrected chi connectivity index (χ3v) is 6.51. The van der Waals surface area contributed by atoms with Crippen LogP contribution in [-0.2, 0) is 24.0 Å². The lowest BCUT2D eigenvalue weighted by atomic mass is 10.0. The van der Waals surface area contributed by atoms with Crippen LogP contribution in [0.15, 0.2) is 71.8 Å². The van der Waals surface area contributed by atoms with Crippen molar-refractivity contribution >= 4 is 22.5 Å². The molecule has 0 aliphatic rings. The Labute approximate surface area is 206 Å². The molecule has 3 aromatic carbocycles.